The lowest BCUT2D eigenvalue weighted by Crippen LogP contribution is -2.06. The van der Waals surface area contributed by atoms with Crippen LogP contribution >= 0.6 is 0 Å². The first-order chi connectivity index (χ1) is 10.6. The average Bonchev–Trinajstić information content (AvgIpc) is 3.17. The molecule has 0 radical (unpaired) electrons. The number of hydrogen-bond donors (Lipinski definition) is 0. The Kier molecular flexibility index (Phi) is 3.74. The maximum atomic E-state index is 12.1. The zero-order chi connectivity index (χ0) is 15.5. The Balaban J connectivity index is 1.68. The molecule has 0 saturated carbocycles. The van der Waals surface area contributed by atoms with E-state index in [0.29, 0.717) is 11.3 Å². The van der Waals surface area contributed by atoms with Gasteiger partial charge in [0.15, 0.2) is 0 Å². The Morgan fingerprint density at radius 3 is 2.64 bits per heavy atom. The van der Waals surface area contributed by atoms with Crippen LogP contribution in [0.3, 0.4) is 0 Å². The van der Waals surface area contributed by atoms with E-state index in [1.165, 1.54) is 0 Å². The fourth-order valence-electron chi connectivity index (χ4n) is 2.10. The molecule has 0 aliphatic heterocycles. The fourth-order valence-corrected chi connectivity index (χ4v) is 2.10. The summed E-state index contributed by atoms with van der Waals surface area (Å²) in [5.41, 5.74) is 2.91. The zero-order valence-corrected chi connectivity index (χ0v) is 12.3. The molecule has 0 bridgehead atoms. The van der Waals surface area contributed by atoms with Crippen molar-refractivity contribution in [2.45, 2.75) is 20.5 Å². The van der Waals surface area contributed by atoms with E-state index in [-0.39, 0.29) is 12.6 Å². The van der Waals surface area contributed by atoms with Crippen LogP contribution in [-0.2, 0) is 11.3 Å². The molecule has 0 fully saturated rings. The number of nitrogens with zero attached hydrogens (tertiary/aromatic N) is 3. The van der Waals surface area contributed by atoms with E-state index in [2.05, 4.69) is 10.3 Å². The molecule has 0 atom stereocenters. The monoisotopic (exact) mass is 297 g/mol. The molecule has 3 aromatic rings. The van der Waals surface area contributed by atoms with Crippen LogP contribution in [0.4, 0.5) is 0 Å². The third kappa shape index (κ3) is 2.76. The number of carbonyl (C=O) groups excluding carboxylic acids is 1. The van der Waals surface area contributed by atoms with Crippen LogP contribution in [0.1, 0.15) is 27.4 Å². The average molecular weight is 297 g/mol. The van der Waals surface area contributed by atoms with E-state index in [1.54, 1.807) is 29.9 Å². The third-order valence-corrected chi connectivity index (χ3v) is 3.40. The Morgan fingerprint density at radius 1 is 1.27 bits per heavy atom. The molecule has 0 aliphatic rings. The minimum absolute atomic E-state index is 0.154. The number of benzene rings is 1. The van der Waals surface area contributed by atoms with E-state index >= 15 is 0 Å². The molecule has 1 aromatic carbocycles. The van der Waals surface area contributed by atoms with Gasteiger partial charge < -0.3 is 9.26 Å². The van der Waals surface area contributed by atoms with Crippen LogP contribution in [0.2, 0.25) is 0 Å². The van der Waals surface area contributed by atoms with Gasteiger partial charge in [-0.2, -0.15) is 5.10 Å². The van der Waals surface area contributed by atoms with Crippen molar-refractivity contribution < 1.29 is 14.1 Å². The summed E-state index contributed by atoms with van der Waals surface area (Å²) in [6, 6.07) is 8.91. The molecule has 3 rings (SSSR count). The van der Waals surface area contributed by atoms with Gasteiger partial charge >= 0.3 is 5.97 Å². The molecule has 0 N–H and O–H groups in total. The normalized spacial score (nSPS) is 10.6. The summed E-state index contributed by atoms with van der Waals surface area (Å²) in [6.45, 7) is 3.77. The van der Waals surface area contributed by atoms with Crippen LogP contribution in [0.25, 0.3) is 5.69 Å². The summed E-state index contributed by atoms with van der Waals surface area (Å²) in [6.07, 6.45) is 3.54. The number of rotatable bonds is 4. The highest BCUT2D eigenvalue weighted by atomic mass is 16.5. The summed E-state index contributed by atoms with van der Waals surface area (Å²) >= 11 is 0. The fraction of sp³-hybridized carbons (Fsp3) is 0.188. The standard InChI is InChI=1S/C16H15N3O3/c1-11-15(12(2)22-18-11)10-21-16(20)13-4-6-14(7-5-13)19-9-3-8-17-19/h3-9H,10H2,1-2H3. The van der Waals surface area contributed by atoms with Gasteiger partial charge in [-0.05, 0) is 44.2 Å². The molecule has 0 saturated heterocycles. The number of aromatic nitrogens is 3. The predicted molar refractivity (Wildman–Crippen MR) is 78.7 cm³/mol. The highest BCUT2D eigenvalue weighted by Gasteiger charge is 2.13. The maximum absolute atomic E-state index is 12.1. The summed E-state index contributed by atoms with van der Waals surface area (Å²) in [5, 5.41) is 7.96. The molecule has 0 unspecified atom stereocenters. The number of aryl methyl sites for hydroxylation is 2. The molecule has 2 heterocycles. The van der Waals surface area contributed by atoms with Crippen molar-refractivity contribution in [2.24, 2.45) is 0 Å². The highest BCUT2D eigenvalue weighted by molar-refractivity contribution is 5.89. The summed E-state index contributed by atoms with van der Waals surface area (Å²) < 4.78 is 12.1. The van der Waals surface area contributed by atoms with E-state index in [9.17, 15) is 4.79 Å². The lowest BCUT2D eigenvalue weighted by molar-refractivity contribution is 0.0471. The molecule has 0 amide bonds. The Hall–Kier alpha value is -2.89. The second-order valence-corrected chi connectivity index (χ2v) is 4.88. The van der Waals surface area contributed by atoms with Gasteiger partial charge in [-0.25, -0.2) is 9.48 Å². The van der Waals surface area contributed by atoms with Crippen molar-refractivity contribution in [1.82, 2.24) is 14.9 Å². The molecule has 0 aliphatic carbocycles. The number of esters is 1. The maximum Gasteiger partial charge on any atom is 0.338 e. The first-order valence-corrected chi connectivity index (χ1v) is 6.84. The molecule has 6 heteroatoms. The second kappa shape index (κ2) is 5.85. The van der Waals surface area contributed by atoms with Gasteiger partial charge in [0.2, 0.25) is 0 Å². The molecule has 6 nitrogen and oxygen atoms in total. The van der Waals surface area contributed by atoms with E-state index < -0.39 is 0 Å². The van der Waals surface area contributed by atoms with Gasteiger partial charge in [0.1, 0.15) is 12.4 Å². The topological polar surface area (TPSA) is 70.2 Å². The lowest BCUT2D eigenvalue weighted by Gasteiger charge is -2.06. The molecule has 0 spiro atoms. The first kappa shape index (κ1) is 14.1. The van der Waals surface area contributed by atoms with E-state index in [0.717, 1.165) is 16.9 Å². The minimum Gasteiger partial charge on any atom is -0.457 e. The summed E-state index contributed by atoms with van der Waals surface area (Å²) in [4.78, 5) is 12.1. The lowest BCUT2D eigenvalue weighted by atomic mass is 10.2. The number of hydrogen-bond acceptors (Lipinski definition) is 5. The van der Waals surface area contributed by atoms with Gasteiger partial charge in [0, 0.05) is 12.4 Å². The smallest absolute Gasteiger partial charge is 0.338 e. The largest absolute Gasteiger partial charge is 0.457 e. The van der Waals surface area contributed by atoms with E-state index in [1.807, 2.05) is 31.3 Å². The Morgan fingerprint density at radius 2 is 2.05 bits per heavy atom. The van der Waals surface area contributed by atoms with Crippen LogP contribution in [0.15, 0.2) is 47.2 Å². The summed E-state index contributed by atoms with van der Waals surface area (Å²) in [7, 11) is 0. The van der Waals surface area contributed by atoms with Gasteiger partial charge in [0.05, 0.1) is 22.5 Å². The van der Waals surface area contributed by atoms with Gasteiger partial charge in [-0.1, -0.05) is 5.16 Å². The minimum atomic E-state index is -0.382. The van der Waals surface area contributed by atoms with E-state index in [4.69, 9.17) is 9.26 Å². The predicted octanol–water partition coefficient (Wildman–Crippen LogP) is 2.83. The van der Waals surface area contributed by atoms with Gasteiger partial charge in [0.25, 0.3) is 0 Å². The van der Waals surface area contributed by atoms with Crippen molar-refractivity contribution in [3.8, 4) is 5.69 Å². The number of ether oxygens (including phenoxy) is 1. The number of carbonyl (C=O) groups is 1. The van der Waals surface area contributed by atoms with Crippen molar-refractivity contribution in [1.29, 1.82) is 0 Å². The van der Waals surface area contributed by atoms with Crippen molar-refractivity contribution in [2.75, 3.05) is 0 Å². The third-order valence-electron chi connectivity index (χ3n) is 3.40. The van der Waals surface area contributed by atoms with Crippen LogP contribution in [0, 0.1) is 13.8 Å². The Labute approximate surface area is 127 Å². The van der Waals surface area contributed by atoms with Gasteiger partial charge in [-0.3, -0.25) is 0 Å². The van der Waals surface area contributed by atoms with Crippen molar-refractivity contribution >= 4 is 5.97 Å². The van der Waals surface area contributed by atoms with Crippen LogP contribution in [-0.4, -0.2) is 20.9 Å². The SMILES string of the molecule is Cc1noc(C)c1COC(=O)c1ccc(-n2cccn2)cc1. The molecular weight excluding hydrogens is 282 g/mol. The van der Waals surface area contributed by atoms with Crippen molar-refractivity contribution in [3.63, 3.8) is 0 Å². The molecule has 22 heavy (non-hydrogen) atoms. The van der Waals surface area contributed by atoms with Gasteiger partial charge in [-0.15, -0.1) is 0 Å². The summed E-state index contributed by atoms with van der Waals surface area (Å²) in [5.74, 6) is 0.284. The van der Waals surface area contributed by atoms with Crippen molar-refractivity contribution in [3.05, 3.63) is 65.3 Å². The first-order valence-electron chi connectivity index (χ1n) is 6.84. The van der Waals surface area contributed by atoms with Crippen LogP contribution < -0.4 is 0 Å². The molecule has 112 valence electrons. The Bertz CT molecular complexity index is 754. The zero-order valence-electron chi connectivity index (χ0n) is 12.3. The second-order valence-electron chi connectivity index (χ2n) is 4.88. The molecule has 2 aromatic heterocycles. The molecular formula is C16H15N3O3. The highest BCUT2D eigenvalue weighted by Crippen LogP contribution is 2.15. The van der Waals surface area contributed by atoms with Crippen LogP contribution in [0.5, 0.6) is 0 Å². The quantitative estimate of drug-likeness (QED) is 0.692.